The zero-order valence-corrected chi connectivity index (χ0v) is 25.7. The molecule has 0 aliphatic carbocycles. The second-order valence-electron chi connectivity index (χ2n) is 12.5. The zero-order chi connectivity index (χ0) is 28.6. The van der Waals surface area contributed by atoms with Gasteiger partial charge < -0.3 is 0 Å². The monoisotopic (exact) mass is 582 g/mol. The van der Waals surface area contributed by atoms with E-state index in [2.05, 4.69) is 100 Å². The van der Waals surface area contributed by atoms with Crippen molar-refractivity contribution in [1.82, 2.24) is 9.97 Å². The molecule has 8 rings (SSSR count). The van der Waals surface area contributed by atoms with Crippen molar-refractivity contribution < 1.29 is 0 Å². The number of thioether (sulfide) groups is 2. The Kier molecular flexibility index (Phi) is 5.79. The fourth-order valence-electron chi connectivity index (χ4n) is 6.10. The Labute approximate surface area is 254 Å². The van der Waals surface area contributed by atoms with E-state index in [1.807, 2.05) is 12.4 Å². The normalized spacial score (nSPS) is 17.8. The van der Waals surface area contributed by atoms with Crippen LogP contribution in [-0.2, 0) is 0 Å². The quantitative estimate of drug-likeness (QED) is 0.194. The summed E-state index contributed by atoms with van der Waals surface area (Å²) in [6, 6.07) is 26.6. The van der Waals surface area contributed by atoms with Crippen molar-refractivity contribution in [1.29, 1.82) is 0 Å². The van der Waals surface area contributed by atoms with Crippen molar-refractivity contribution in [3.8, 4) is 22.3 Å². The minimum absolute atomic E-state index is 0.0234. The molecule has 6 aromatic rings. The number of pyridine rings is 2. The molecule has 0 radical (unpaired) electrons. The topological polar surface area (TPSA) is 50.5 Å². The highest BCUT2D eigenvalue weighted by Gasteiger charge is 2.28. The molecule has 42 heavy (non-hydrogen) atoms. The Bertz CT molecular complexity index is 1920. The molecule has 0 atom stereocenters. The molecule has 0 amide bonds. The third-order valence-electron chi connectivity index (χ3n) is 8.18. The van der Waals surface area contributed by atoms with E-state index in [9.17, 15) is 0 Å². The molecule has 4 nitrogen and oxygen atoms in total. The minimum Gasteiger partial charge on any atom is -0.269 e. The lowest BCUT2D eigenvalue weighted by Gasteiger charge is -2.16. The van der Waals surface area contributed by atoms with Gasteiger partial charge in [0.2, 0.25) is 0 Å². The molecule has 2 aromatic heterocycles. The summed E-state index contributed by atoms with van der Waals surface area (Å²) in [5.74, 6) is 1.99. The average Bonchev–Trinajstić information content (AvgIpc) is 3.56. The third kappa shape index (κ3) is 4.31. The number of hydrogen-bond donors (Lipinski definition) is 0. The lowest BCUT2D eigenvalue weighted by Crippen LogP contribution is -2.15. The molecule has 0 fully saturated rings. The van der Waals surface area contributed by atoms with Crippen LogP contribution in [0, 0.1) is 0 Å². The summed E-state index contributed by atoms with van der Waals surface area (Å²) in [7, 11) is 0. The maximum Gasteiger partial charge on any atom is 0.117 e. The third-order valence-corrected chi connectivity index (χ3v) is 11.0. The Morgan fingerprint density at radius 3 is 1.31 bits per heavy atom. The lowest BCUT2D eigenvalue weighted by molar-refractivity contribution is 0.604. The highest BCUT2D eigenvalue weighted by Crippen LogP contribution is 2.42. The van der Waals surface area contributed by atoms with Gasteiger partial charge in [0.1, 0.15) is 10.1 Å². The van der Waals surface area contributed by atoms with Gasteiger partial charge in [0.05, 0.1) is 22.5 Å². The molecule has 0 saturated heterocycles. The average molecular weight is 583 g/mol. The summed E-state index contributed by atoms with van der Waals surface area (Å²) in [5.41, 5.74) is 6.51. The summed E-state index contributed by atoms with van der Waals surface area (Å²) < 4.78 is 0. The SMILES string of the molecule is CC1(C)CSC(c2ccc(-c3ccc4ccc5c(-c6ccc(C7=NC(C)(C)CS7)nc6)ccc6ccc3c4c65)cn2)=N1. The molecule has 6 heteroatoms. The first-order valence-electron chi connectivity index (χ1n) is 14.3. The van der Waals surface area contributed by atoms with Crippen LogP contribution in [0.4, 0.5) is 0 Å². The van der Waals surface area contributed by atoms with Gasteiger partial charge in [-0.2, -0.15) is 0 Å². The predicted molar refractivity (Wildman–Crippen MR) is 183 cm³/mol. The first kappa shape index (κ1) is 25.9. The lowest BCUT2D eigenvalue weighted by atomic mass is 9.87. The Morgan fingerprint density at radius 1 is 0.524 bits per heavy atom. The largest absolute Gasteiger partial charge is 0.269 e. The van der Waals surface area contributed by atoms with Crippen LogP contribution in [-0.4, -0.2) is 42.6 Å². The second kappa shape index (κ2) is 9.38. The molecule has 0 spiro atoms. The molecular formula is C36H30N4S2. The molecule has 0 bridgehead atoms. The van der Waals surface area contributed by atoms with E-state index in [1.54, 1.807) is 23.5 Å². The van der Waals surface area contributed by atoms with E-state index < -0.39 is 0 Å². The van der Waals surface area contributed by atoms with E-state index in [1.165, 1.54) is 43.4 Å². The van der Waals surface area contributed by atoms with Crippen molar-refractivity contribution in [2.45, 2.75) is 38.8 Å². The van der Waals surface area contributed by atoms with Gasteiger partial charge in [-0.3, -0.25) is 20.0 Å². The Morgan fingerprint density at radius 2 is 0.952 bits per heavy atom. The van der Waals surface area contributed by atoms with E-state index >= 15 is 0 Å². The summed E-state index contributed by atoms with van der Waals surface area (Å²) in [6.07, 6.45) is 4.01. The summed E-state index contributed by atoms with van der Waals surface area (Å²) in [5, 5.41) is 9.67. The molecule has 0 unspecified atom stereocenters. The highest BCUT2D eigenvalue weighted by molar-refractivity contribution is 8.15. The van der Waals surface area contributed by atoms with E-state index in [0.29, 0.717) is 0 Å². The number of benzene rings is 4. The van der Waals surface area contributed by atoms with Crippen LogP contribution in [0.5, 0.6) is 0 Å². The Hall–Kier alpha value is -3.74. The van der Waals surface area contributed by atoms with Crippen LogP contribution < -0.4 is 0 Å². The number of aromatic nitrogens is 2. The van der Waals surface area contributed by atoms with Gasteiger partial charge in [-0.15, -0.1) is 23.5 Å². The number of aliphatic imine (C=N–C) groups is 2. The number of hydrogen-bond acceptors (Lipinski definition) is 6. The number of rotatable bonds is 4. The predicted octanol–water partition coefficient (Wildman–Crippen LogP) is 9.25. The summed E-state index contributed by atoms with van der Waals surface area (Å²) >= 11 is 3.59. The van der Waals surface area contributed by atoms with Crippen LogP contribution in [0.2, 0.25) is 0 Å². The molecule has 2 aliphatic heterocycles. The van der Waals surface area contributed by atoms with Gasteiger partial charge in [-0.25, -0.2) is 0 Å². The maximum absolute atomic E-state index is 4.87. The van der Waals surface area contributed by atoms with Crippen LogP contribution in [0.25, 0.3) is 54.6 Å². The fraction of sp³-hybridized carbons (Fsp3) is 0.222. The van der Waals surface area contributed by atoms with E-state index in [0.717, 1.165) is 44.1 Å². The summed E-state index contributed by atoms with van der Waals surface area (Å²) in [6.45, 7) is 8.70. The van der Waals surface area contributed by atoms with Crippen LogP contribution in [0.15, 0.2) is 95.2 Å². The van der Waals surface area contributed by atoms with E-state index in [4.69, 9.17) is 20.0 Å². The van der Waals surface area contributed by atoms with Gasteiger partial charge in [0.15, 0.2) is 0 Å². The van der Waals surface area contributed by atoms with Crippen molar-refractivity contribution in [3.05, 3.63) is 96.6 Å². The van der Waals surface area contributed by atoms with Crippen molar-refractivity contribution >= 4 is 65.9 Å². The first-order valence-corrected chi connectivity index (χ1v) is 16.3. The van der Waals surface area contributed by atoms with Crippen molar-refractivity contribution in [2.24, 2.45) is 9.98 Å². The van der Waals surface area contributed by atoms with Crippen LogP contribution in [0.3, 0.4) is 0 Å². The maximum atomic E-state index is 4.87. The smallest absolute Gasteiger partial charge is 0.117 e. The molecule has 206 valence electrons. The van der Waals surface area contributed by atoms with Crippen molar-refractivity contribution in [3.63, 3.8) is 0 Å². The molecule has 0 saturated carbocycles. The Balaban J connectivity index is 1.22. The van der Waals surface area contributed by atoms with Gasteiger partial charge in [-0.1, -0.05) is 60.7 Å². The standard InChI is InChI=1S/C36H30N4S2/c1-35(2)19-41-33(39-35)29-15-9-23(17-37-29)25-11-5-21-8-14-28-26(12-6-22-7-13-27(25)31(21)32(22)28)24-10-16-30(38-18-24)34-40-36(3,4)20-42-34/h5-18H,19-20H2,1-4H3. The van der Waals surface area contributed by atoms with Gasteiger partial charge in [0, 0.05) is 35.0 Å². The zero-order valence-electron chi connectivity index (χ0n) is 24.1. The number of nitrogens with zero attached hydrogens (tertiary/aromatic N) is 4. The van der Waals surface area contributed by atoms with Crippen molar-refractivity contribution in [2.75, 3.05) is 11.5 Å². The van der Waals surface area contributed by atoms with Crippen LogP contribution in [0.1, 0.15) is 39.1 Å². The molecule has 4 heterocycles. The van der Waals surface area contributed by atoms with Crippen LogP contribution >= 0.6 is 23.5 Å². The second-order valence-corrected chi connectivity index (χ2v) is 14.5. The molecule has 2 aliphatic rings. The highest BCUT2D eigenvalue weighted by atomic mass is 32.2. The minimum atomic E-state index is -0.0234. The summed E-state index contributed by atoms with van der Waals surface area (Å²) in [4.78, 5) is 19.4. The first-order chi connectivity index (χ1) is 20.2. The molecule has 0 N–H and O–H groups in total. The van der Waals surface area contributed by atoms with Gasteiger partial charge in [-0.05, 0) is 83.3 Å². The van der Waals surface area contributed by atoms with Gasteiger partial charge >= 0.3 is 0 Å². The van der Waals surface area contributed by atoms with E-state index in [-0.39, 0.29) is 11.1 Å². The molecular weight excluding hydrogens is 553 g/mol. The van der Waals surface area contributed by atoms with Gasteiger partial charge in [0.25, 0.3) is 0 Å². The fourth-order valence-corrected chi connectivity index (χ4v) is 8.36. The molecule has 4 aromatic carbocycles.